The predicted molar refractivity (Wildman–Crippen MR) is 99.9 cm³/mol. The van der Waals surface area contributed by atoms with Gasteiger partial charge >= 0.3 is 0 Å². The van der Waals surface area contributed by atoms with Crippen molar-refractivity contribution in [3.05, 3.63) is 84.4 Å². The zero-order chi connectivity index (χ0) is 16.6. The molecule has 0 spiro atoms. The van der Waals surface area contributed by atoms with Gasteiger partial charge in [-0.2, -0.15) is 0 Å². The fourth-order valence-corrected chi connectivity index (χ4v) is 2.56. The molecule has 0 saturated carbocycles. The lowest BCUT2D eigenvalue weighted by atomic mass is 10.1. The number of aryl methyl sites for hydroxylation is 1. The van der Waals surface area contributed by atoms with Crippen LogP contribution >= 0.6 is 0 Å². The van der Waals surface area contributed by atoms with Gasteiger partial charge in [-0.15, -0.1) is 0 Å². The molecule has 122 valence electrons. The van der Waals surface area contributed by atoms with Gasteiger partial charge in [-0.05, 0) is 47.7 Å². The van der Waals surface area contributed by atoms with Crippen LogP contribution in [0.3, 0.4) is 0 Å². The minimum atomic E-state index is 0.534. The smallest absolute Gasteiger partial charge is 0.127 e. The Kier molecular flexibility index (Phi) is 5.52. The molecule has 24 heavy (non-hydrogen) atoms. The Morgan fingerprint density at radius 1 is 0.750 bits per heavy atom. The Morgan fingerprint density at radius 2 is 1.46 bits per heavy atom. The lowest BCUT2D eigenvalue weighted by molar-refractivity contribution is 0.352. The molecule has 0 aromatic heterocycles. The maximum atomic E-state index is 5.86. The topological polar surface area (TPSA) is 18.5 Å². The van der Waals surface area contributed by atoms with Crippen molar-refractivity contribution in [2.24, 2.45) is 0 Å². The van der Waals surface area contributed by atoms with Crippen LogP contribution in [0, 0.1) is 0 Å². The summed E-state index contributed by atoms with van der Waals surface area (Å²) >= 11 is 0. The fourth-order valence-electron chi connectivity index (χ4n) is 2.56. The monoisotopic (exact) mass is 318 g/mol. The van der Waals surface area contributed by atoms with Gasteiger partial charge < -0.3 is 9.47 Å². The van der Waals surface area contributed by atoms with Gasteiger partial charge in [0.15, 0.2) is 0 Å². The summed E-state index contributed by atoms with van der Waals surface area (Å²) in [6.45, 7) is 3.23. The summed E-state index contributed by atoms with van der Waals surface area (Å²) < 4.78 is 11.5. The van der Waals surface area contributed by atoms with Gasteiger partial charge in [0, 0.05) is 5.39 Å². The number of hydrogen-bond acceptors (Lipinski definition) is 2. The average molecular weight is 318 g/mol. The minimum Gasteiger partial charge on any atom is -0.490 e. The second-order valence-corrected chi connectivity index (χ2v) is 5.57. The predicted octanol–water partition coefficient (Wildman–Crippen LogP) is 5.42. The van der Waals surface area contributed by atoms with Crippen molar-refractivity contribution in [2.75, 3.05) is 13.2 Å². The number of fused-ring (bicyclic) bond motifs is 1. The second-order valence-electron chi connectivity index (χ2n) is 5.57. The van der Waals surface area contributed by atoms with Crippen molar-refractivity contribution in [1.82, 2.24) is 0 Å². The van der Waals surface area contributed by atoms with E-state index in [0.29, 0.717) is 13.2 Å². The lowest BCUT2D eigenvalue weighted by Gasteiger charge is -2.07. The van der Waals surface area contributed by atoms with E-state index in [1.807, 2.05) is 48.6 Å². The summed E-state index contributed by atoms with van der Waals surface area (Å²) in [4.78, 5) is 0. The molecule has 0 aliphatic rings. The van der Waals surface area contributed by atoms with Gasteiger partial charge in [0.05, 0.1) is 0 Å². The Balaban J connectivity index is 1.48. The van der Waals surface area contributed by atoms with Crippen molar-refractivity contribution in [3.63, 3.8) is 0 Å². The molecule has 0 radical (unpaired) electrons. The molecule has 2 heteroatoms. The SMILES string of the molecule is CCc1ccc(OC/C=C/COc2cccc3ccccc23)cc1. The molecule has 0 aliphatic heterocycles. The van der Waals surface area contributed by atoms with E-state index >= 15 is 0 Å². The highest BCUT2D eigenvalue weighted by atomic mass is 16.5. The van der Waals surface area contributed by atoms with Crippen LogP contribution < -0.4 is 9.47 Å². The van der Waals surface area contributed by atoms with Gasteiger partial charge in [-0.1, -0.05) is 55.5 Å². The summed E-state index contributed by atoms with van der Waals surface area (Å²) in [6, 6.07) is 22.6. The van der Waals surface area contributed by atoms with Crippen LogP contribution in [0.15, 0.2) is 78.9 Å². The first-order valence-electron chi connectivity index (χ1n) is 8.34. The molecule has 3 aromatic rings. The van der Waals surface area contributed by atoms with E-state index in [1.54, 1.807) is 0 Å². The quantitative estimate of drug-likeness (QED) is 0.542. The molecule has 0 aliphatic carbocycles. The third-order valence-corrected chi connectivity index (χ3v) is 3.93. The molecule has 0 unspecified atom stereocenters. The first kappa shape index (κ1) is 16.1. The van der Waals surface area contributed by atoms with Crippen molar-refractivity contribution >= 4 is 10.8 Å². The number of benzene rings is 3. The highest BCUT2D eigenvalue weighted by molar-refractivity contribution is 5.88. The first-order chi connectivity index (χ1) is 11.9. The molecule has 0 amide bonds. The zero-order valence-corrected chi connectivity index (χ0v) is 13.9. The van der Waals surface area contributed by atoms with Gasteiger partial charge in [-0.3, -0.25) is 0 Å². The second kappa shape index (κ2) is 8.21. The van der Waals surface area contributed by atoms with Crippen LogP contribution in [0.1, 0.15) is 12.5 Å². The third-order valence-electron chi connectivity index (χ3n) is 3.93. The Labute approximate surface area is 143 Å². The summed E-state index contributed by atoms with van der Waals surface area (Å²) in [5, 5.41) is 2.33. The van der Waals surface area contributed by atoms with Gasteiger partial charge in [0.1, 0.15) is 24.7 Å². The van der Waals surface area contributed by atoms with Crippen molar-refractivity contribution in [1.29, 1.82) is 0 Å². The molecular formula is C22H22O2. The van der Waals surface area contributed by atoms with Gasteiger partial charge in [-0.25, -0.2) is 0 Å². The van der Waals surface area contributed by atoms with E-state index < -0.39 is 0 Å². The largest absolute Gasteiger partial charge is 0.490 e. The van der Waals surface area contributed by atoms with Crippen molar-refractivity contribution < 1.29 is 9.47 Å². The standard InChI is InChI=1S/C22H22O2/c1-2-18-12-14-20(15-13-18)23-16-5-6-17-24-22-11-7-9-19-8-3-4-10-21(19)22/h3-15H,2,16-17H2,1H3/b6-5+. The molecule has 3 aromatic carbocycles. The Hall–Kier alpha value is -2.74. The van der Waals surface area contributed by atoms with E-state index in [4.69, 9.17) is 9.47 Å². The molecule has 0 fully saturated rings. The molecule has 0 heterocycles. The highest BCUT2D eigenvalue weighted by Crippen LogP contribution is 2.24. The molecule has 2 nitrogen and oxygen atoms in total. The molecule has 0 N–H and O–H groups in total. The van der Waals surface area contributed by atoms with Crippen LogP contribution in [0.25, 0.3) is 10.8 Å². The van der Waals surface area contributed by atoms with Crippen LogP contribution in [0.2, 0.25) is 0 Å². The number of rotatable bonds is 7. The maximum absolute atomic E-state index is 5.86. The maximum Gasteiger partial charge on any atom is 0.127 e. The van der Waals surface area contributed by atoms with Gasteiger partial charge in [0.2, 0.25) is 0 Å². The van der Waals surface area contributed by atoms with E-state index in [1.165, 1.54) is 10.9 Å². The van der Waals surface area contributed by atoms with Gasteiger partial charge in [0.25, 0.3) is 0 Å². The van der Waals surface area contributed by atoms with E-state index in [-0.39, 0.29) is 0 Å². The normalized spacial score (nSPS) is 11.0. The lowest BCUT2D eigenvalue weighted by Crippen LogP contribution is -1.97. The molecule has 0 atom stereocenters. The van der Waals surface area contributed by atoms with Crippen LogP contribution in [-0.4, -0.2) is 13.2 Å². The number of hydrogen-bond donors (Lipinski definition) is 0. The van der Waals surface area contributed by atoms with Crippen LogP contribution in [-0.2, 0) is 6.42 Å². The fraction of sp³-hybridized carbons (Fsp3) is 0.182. The van der Waals surface area contributed by atoms with Crippen molar-refractivity contribution in [2.45, 2.75) is 13.3 Å². The summed E-state index contributed by atoms with van der Waals surface area (Å²) in [5.74, 6) is 1.81. The Morgan fingerprint density at radius 3 is 2.25 bits per heavy atom. The molecular weight excluding hydrogens is 296 g/mol. The minimum absolute atomic E-state index is 0.534. The molecule has 0 saturated heterocycles. The third kappa shape index (κ3) is 4.17. The summed E-state index contributed by atoms with van der Waals surface area (Å²) in [6.07, 6.45) is 5.02. The molecule has 3 rings (SSSR count). The first-order valence-corrected chi connectivity index (χ1v) is 8.34. The van der Waals surface area contributed by atoms with E-state index in [2.05, 4.69) is 37.3 Å². The zero-order valence-electron chi connectivity index (χ0n) is 13.9. The average Bonchev–Trinajstić information content (AvgIpc) is 2.65. The van der Waals surface area contributed by atoms with E-state index in [0.717, 1.165) is 23.3 Å². The number of ether oxygens (including phenoxy) is 2. The van der Waals surface area contributed by atoms with Crippen molar-refractivity contribution in [3.8, 4) is 11.5 Å². The summed E-state index contributed by atoms with van der Waals surface area (Å²) in [5.41, 5.74) is 1.32. The summed E-state index contributed by atoms with van der Waals surface area (Å²) in [7, 11) is 0. The van der Waals surface area contributed by atoms with Crippen LogP contribution in [0.4, 0.5) is 0 Å². The van der Waals surface area contributed by atoms with Crippen LogP contribution in [0.5, 0.6) is 11.5 Å². The highest BCUT2D eigenvalue weighted by Gasteiger charge is 1.99. The molecule has 0 bridgehead atoms. The Bertz CT molecular complexity index is 798. The van der Waals surface area contributed by atoms with E-state index in [9.17, 15) is 0 Å².